The minimum absolute atomic E-state index is 0.0416. The minimum atomic E-state index is -0.358. The second kappa shape index (κ2) is 9.49. The van der Waals surface area contributed by atoms with Gasteiger partial charge >= 0.3 is 5.97 Å². The Morgan fingerprint density at radius 2 is 1.63 bits per heavy atom. The number of ketones is 1. The first kappa shape index (κ1) is 17.6. The normalized spacial score (nSPS) is 10.4. The Morgan fingerprint density at radius 1 is 1.00 bits per heavy atom. The van der Waals surface area contributed by atoms with Gasteiger partial charge in [-0.1, -0.05) is 6.92 Å². The van der Waals surface area contributed by atoms with E-state index in [4.69, 9.17) is 4.74 Å². The summed E-state index contributed by atoms with van der Waals surface area (Å²) in [5, 5.41) is 0. The van der Waals surface area contributed by atoms with Crippen LogP contribution < -0.4 is 0 Å². The van der Waals surface area contributed by atoms with Crippen LogP contribution in [0.1, 0.15) is 26.7 Å². The average molecular weight is 272 g/mol. The Labute approximate surface area is 114 Å². The number of likely N-dealkylation sites (N-methyl/N-ethyl adjacent to an activating group) is 2. The zero-order valence-corrected chi connectivity index (χ0v) is 12.3. The number of carbonyl (C=O) groups is 3. The largest absolute Gasteiger partial charge is 0.466 e. The minimum Gasteiger partial charge on any atom is -0.466 e. The maximum absolute atomic E-state index is 11.7. The van der Waals surface area contributed by atoms with Gasteiger partial charge in [0.05, 0.1) is 26.1 Å². The van der Waals surface area contributed by atoms with Gasteiger partial charge in [-0.15, -0.1) is 0 Å². The van der Waals surface area contributed by atoms with E-state index in [1.54, 1.807) is 25.9 Å². The quantitative estimate of drug-likeness (QED) is 0.565. The second-order valence-electron chi connectivity index (χ2n) is 4.44. The molecule has 0 spiro atoms. The molecule has 6 heteroatoms. The van der Waals surface area contributed by atoms with Crippen molar-refractivity contribution in [1.82, 2.24) is 9.80 Å². The van der Waals surface area contributed by atoms with Gasteiger partial charge in [0.1, 0.15) is 5.78 Å². The zero-order chi connectivity index (χ0) is 14.8. The fourth-order valence-corrected chi connectivity index (χ4v) is 1.42. The van der Waals surface area contributed by atoms with E-state index in [1.807, 2.05) is 6.92 Å². The van der Waals surface area contributed by atoms with E-state index in [1.165, 1.54) is 4.90 Å². The van der Waals surface area contributed by atoms with Gasteiger partial charge in [0.25, 0.3) is 0 Å². The molecule has 0 radical (unpaired) electrons. The molecular formula is C13H24N2O4. The van der Waals surface area contributed by atoms with E-state index in [9.17, 15) is 14.4 Å². The van der Waals surface area contributed by atoms with Crippen molar-refractivity contribution in [2.45, 2.75) is 26.7 Å². The Balaban J connectivity index is 4.06. The summed E-state index contributed by atoms with van der Waals surface area (Å²) in [6, 6.07) is 0. The third-order valence-electron chi connectivity index (χ3n) is 2.62. The molecule has 0 bridgehead atoms. The molecule has 0 aromatic heterocycles. The zero-order valence-electron chi connectivity index (χ0n) is 12.3. The van der Waals surface area contributed by atoms with Gasteiger partial charge in [-0.25, -0.2) is 0 Å². The molecule has 0 N–H and O–H groups in total. The van der Waals surface area contributed by atoms with E-state index < -0.39 is 0 Å². The molecule has 0 unspecified atom stereocenters. The van der Waals surface area contributed by atoms with Crippen molar-refractivity contribution in [2.75, 3.05) is 40.3 Å². The molecule has 0 aliphatic rings. The van der Waals surface area contributed by atoms with Crippen LogP contribution in [0.15, 0.2) is 0 Å². The van der Waals surface area contributed by atoms with Crippen LogP contribution in [0.4, 0.5) is 0 Å². The first-order valence-electron chi connectivity index (χ1n) is 6.50. The molecular weight excluding hydrogens is 248 g/mol. The number of esters is 1. The number of carbonyl (C=O) groups excluding carboxylic acids is 3. The lowest BCUT2D eigenvalue weighted by atomic mass is 10.2. The molecule has 0 aliphatic heterocycles. The number of rotatable bonds is 9. The summed E-state index contributed by atoms with van der Waals surface area (Å²) in [6.45, 7) is 4.97. The van der Waals surface area contributed by atoms with E-state index in [0.717, 1.165) is 0 Å². The van der Waals surface area contributed by atoms with Gasteiger partial charge in [0.15, 0.2) is 0 Å². The summed E-state index contributed by atoms with van der Waals surface area (Å²) in [4.78, 5) is 37.6. The lowest BCUT2D eigenvalue weighted by Gasteiger charge is -2.21. The van der Waals surface area contributed by atoms with E-state index >= 15 is 0 Å². The Hall–Kier alpha value is -1.43. The third kappa shape index (κ3) is 8.31. The molecule has 0 saturated heterocycles. The topological polar surface area (TPSA) is 66.9 Å². The molecule has 110 valence electrons. The molecule has 6 nitrogen and oxygen atoms in total. The van der Waals surface area contributed by atoms with Gasteiger partial charge in [0.2, 0.25) is 5.91 Å². The maximum atomic E-state index is 11.7. The molecule has 0 aliphatic carbocycles. The van der Waals surface area contributed by atoms with Crippen molar-refractivity contribution in [1.29, 1.82) is 0 Å². The number of hydrogen-bond acceptors (Lipinski definition) is 5. The molecule has 19 heavy (non-hydrogen) atoms. The summed E-state index contributed by atoms with van der Waals surface area (Å²) in [6.07, 6.45) is 0.261. The summed E-state index contributed by atoms with van der Waals surface area (Å²) >= 11 is 0. The van der Waals surface area contributed by atoms with Crippen molar-refractivity contribution in [3.05, 3.63) is 0 Å². The van der Waals surface area contributed by atoms with E-state index in [0.29, 0.717) is 13.2 Å². The highest BCUT2D eigenvalue weighted by Gasteiger charge is 2.15. The number of hydrogen-bond donors (Lipinski definition) is 0. The van der Waals surface area contributed by atoms with Crippen molar-refractivity contribution in [3.63, 3.8) is 0 Å². The predicted molar refractivity (Wildman–Crippen MR) is 71.7 cm³/mol. The van der Waals surface area contributed by atoms with Gasteiger partial charge in [-0.3, -0.25) is 19.3 Å². The molecule has 0 rings (SSSR count). The number of amides is 1. The van der Waals surface area contributed by atoms with Gasteiger partial charge < -0.3 is 9.64 Å². The van der Waals surface area contributed by atoms with Crippen LogP contribution in [0.25, 0.3) is 0 Å². The standard InChI is InChI=1S/C13H24N2O4/c1-5-15(10-12(17)14(3)4)9-11(16)7-8-13(18)19-6-2/h5-10H2,1-4H3. The van der Waals surface area contributed by atoms with Crippen molar-refractivity contribution < 1.29 is 19.1 Å². The van der Waals surface area contributed by atoms with Crippen LogP contribution in [0.2, 0.25) is 0 Å². The predicted octanol–water partition coefficient (Wildman–Crippen LogP) is 0.309. The fraction of sp³-hybridized carbons (Fsp3) is 0.769. The van der Waals surface area contributed by atoms with Gasteiger partial charge in [0, 0.05) is 20.5 Å². The second-order valence-corrected chi connectivity index (χ2v) is 4.44. The molecule has 0 heterocycles. The fourth-order valence-electron chi connectivity index (χ4n) is 1.42. The number of Topliss-reactive ketones (excluding diaryl/α,β-unsaturated/α-hetero) is 1. The lowest BCUT2D eigenvalue weighted by molar-refractivity contribution is -0.144. The lowest BCUT2D eigenvalue weighted by Crippen LogP contribution is -2.39. The molecule has 0 aromatic carbocycles. The van der Waals surface area contributed by atoms with Crippen LogP contribution in [0.3, 0.4) is 0 Å². The SMILES string of the molecule is CCOC(=O)CCC(=O)CN(CC)CC(=O)N(C)C. The van der Waals surface area contributed by atoms with Crippen molar-refractivity contribution in [3.8, 4) is 0 Å². The monoisotopic (exact) mass is 272 g/mol. The summed E-state index contributed by atoms with van der Waals surface area (Å²) in [5.41, 5.74) is 0. The van der Waals surface area contributed by atoms with Crippen LogP contribution in [-0.2, 0) is 19.1 Å². The number of ether oxygens (including phenoxy) is 1. The summed E-state index contributed by atoms with van der Waals surface area (Å²) in [5.74, 6) is -0.454. The molecule has 0 atom stereocenters. The summed E-state index contributed by atoms with van der Waals surface area (Å²) in [7, 11) is 3.36. The van der Waals surface area contributed by atoms with E-state index in [-0.39, 0.29) is 43.6 Å². The summed E-state index contributed by atoms with van der Waals surface area (Å²) < 4.78 is 4.75. The van der Waals surface area contributed by atoms with Crippen molar-refractivity contribution in [2.24, 2.45) is 0 Å². The van der Waals surface area contributed by atoms with Crippen LogP contribution in [-0.4, -0.2) is 67.8 Å². The molecule has 1 amide bonds. The number of nitrogens with zero attached hydrogens (tertiary/aromatic N) is 2. The highest BCUT2D eigenvalue weighted by atomic mass is 16.5. The first-order valence-corrected chi connectivity index (χ1v) is 6.50. The third-order valence-corrected chi connectivity index (χ3v) is 2.62. The Morgan fingerprint density at radius 3 is 2.11 bits per heavy atom. The maximum Gasteiger partial charge on any atom is 0.306 e. The van der Waals surface area contributed by atoms with Crippen molar-refractivity contribution >= 4 is 17.7 Å². The van der Waals surface area contributed by atoms with E-state index in [2.05, 4.69) is 0 Å². The smallest absolute Gasteiger partial charge is 0.306 e. The Kier molecular flexibility index (Phi) is 8.78. The van der Waals surface area contributed by atoms with Gasteiger partial charge in [-0.2, -0.15) is 0 Å². The highest BCUT2D eigenvalue weighted by molar-refractivity contribution is 5.85. The molecule has 0 saturated carbocycles. The average Bonchev–Trinajstić information content (AvgIpc) is 2.35. The molecule has 0 aromatic rings. The Bertz CT molecular complexity index is 316. The first-order chi connectivity index (χ1) is 8.90. The molecule has 0 fully saturated rings. The van der Waals surface area contributed by atoms with Crippen LogP contribution >= 0.6 is 0 Å². The highest BCUT2D eigenvalue weighted by Crippen LogP contribution is 1.98. The van der Waals surface area contributed by atoms with Crippen LogP contribution in [0, 0.1) is 0 Å². The van der Waals surface area contributed by atoms with Crippen LogP contribution in [0.5, 0.6) is 0 Å². The van der Waals surface area contributed by atoms with Gasteiger partial charge in [-0.05, 0) is 13.5 Å².